The first kappa shape index (κ1) is 17.6. The van der Waals surface area contributed by atoms with Crippen LogP contribution in [0.1, 0.15) is 35.6 Å². The molecule has 1 fully saturated rings. The third-order valence-electron chi connectivity index (χ3n) is 4.99. The zero-order valence-electron chi connectivity index (χ0n) is 15.2. The summed E-state index contributed by atoms with van der Waals surface area (Å²) in [6.45, 7) is 8.05. The second-order valence-corrected chi connectivity index (χ2v) is 6.90. The zero-order valence-corrected chi connectivity index (χ0v) is 15.2. The highest BCUT2D eigenvalue weighted by Gasteiger charge is 2.34. The maximum atomic E-state index is 12.4. The van der Waals surface area contributed by atoms with E-state index in [1.165, 1.54) is 11.1 Å². The van der Waals surface area contributed by atoms with Gasteiger partial charge in [0.15, 0.2) is 0 Å². The van der Waals surface area contributed by atoms with Crippen LogP contribution in [0.2, 0.25) is 0 Å². The Balaban J connectivity index is 1.69. The first-order valence-electron chi connectivity index (χ1n) is 8.78. The van der Waals surface area contributed by atoms with Gasteiger partial charge >= 0.3 is 0 Å². The Morgan fingerprint density at radius 3 is 2.48 bits per heavy atom. The number of carbonyl (C=O) groups is 1. The normalized spacial score (nSPS) is 16.6. The minimum absolute atomic E-state index is 0.0361. The predicted molar refractivity (Wildman–Crippen MR) is 95.4 cm³/mol. The highest BCUT2D eigenvalue weighted by Crippen LogP contribution is 2.34. The third-order valence-corrected chi connectivity index (χ3v) is 4.99. The lowest BCUT2D eigenvalue weighted by Gasteiger charge is -2.38. The van der Waals surface area contributed by atoms with Crippen LogP contribution in [-0.4, -0.2) is 40.4 Å². The van der Waals surface area contributed by atoms with Crippen molar-refractivity contribution in [3.63, 3.8) is 0 Å². The van der Waals surface area contributed by atoms with Gasteiger partial charge in [0.25, 0.3) is 0 Å². The summed E-state index contributed by atoms with van der Waals surface area (Å²) < 4.78 is 7.20. The average molecular weight is 342 g/mol. The molecular formula is C19H26N4O2. The van der Waals surface area contributed by atoms with E-state index in [4.69, 9.17) is 4.74 Å². The van der Waals surface area contributed by atoms with Crippen LogP contribution in [0.15, 0.2) is 24.3 Å². The molecule has 134 valence electrons. The third kappa shape index (κ3) is 4.07. The summed E-state index contributed by atoms with van der Waals surface area (Å²) in [5, 5.41) is 7.36. The number of nitrogens with zero attached hydrogens (tertiary/aromatic N) is 3. The Kier molecular flexibility index (Phi) is 5.18. The molecule has 0 radical (unpaired) electrons. The van der Waals surface area contributed by atoms with Gasteiger partial charge in [-0.25, -0.2) is 9.67 Å². The van der Waals surface area contributed by atoms with Gasteiger partial charge < -0.3 is 10.1 Å². The van der Waals surface area contributed by atoms with Crippen LogP contribution in [-0.2, 0) is 21.5 Å². The Morgan fingerprint density at radius 2 is 1.88 bits per heavy atom. The van der Waals surface area contributed by atoms with Crippen molar-refractivity contribution in [3.8, 4) is 0 Å². The number of benzene rings is 1. The Morgan fingerprint density at radius 1 is 1.20 bits per heavy atom. The van der Waals surface area contributed by atoms with Crippen molar-refractivity contribution in [3.05, 3.63) is 47.0 Å². The van der Waals surface area contributed by atoms with Crippen molar-refractivity contribution < 1.29 is 9.53 Å². The first-order valence-corrected chi connectivity index (χ1v) is 8.78. The van der Waals surface area contributed by atoms with Crippen molar-refractivity contribution in [2.24, 2.45) is 0 Å². The van der Waals surface area contributed by atoms with Gasteiger partial charge in [-0.3, -0.25) is 4.79 Å². The maximum absolute atomic E-state index is 12.4. The van der Waals surface area contributed by atoms with Gasteiger partial charge in [0, 0.05) is 25.2 Å². The van der Waals surface area contributed by atoms with Gasteiger partial charge in [0.2, 0.25) is 5.91 Å². The van der Waals surface area contributed by atoms with E-state index in [1.54, 1.807) is 4.68 Å². The minimum Gasteiger partial charge on any atom is -0.381 e. The topological polar surface area (TPSA) is 69.0 Å². The molecule has 2 aromatic rings. The van der Waals surface area contributed by atoms with E-state index in [1.807, 2.05) is 13.8 Å². The monoisotopic (exact) mass is 342 g/mol. The molecule has 1 amide bonds. The molecule has 1 aromatic carbocycles. The molecule has 1 aliphatic rings. The summed E-state index contributed by atoms with van der Waals surface area (Å²) in [7, 11) is 0. The number of hydrogen-bond donors (Lipinski definition) is 1. The molecule has 1 N–H and O–H groups in total. The van der Waals surface area contributed by atoms with Crippen molar-refractivity contribution in [1.82, 2.24) is 20.1 Å². The fourth-order valence-corrected chi connectivity index (χ4v) is 3.41. The summed E-state index contributed by atoms with van der Waals surface area (Å²) in [5.74, 6) is 1.41. The van der Waals surface area contributed by atoms with Crippen molar-refractivity contribution >= 4 is 5.91 Å². The van der Waals surface area contributed by atoms with Crippen LogP contribution in [0.3, 0.4) is 0 Å². The Hall–Kier alpha value is -2.21. The molecule has 25 heavy (non-hydrogen) atoms. The van der Waals surface area contributed by atoms with Gasteiger partial charge in [-0.1, -0.05) is 29.8 Å². The molecule has 0 saturated carbocycles. The van der Waals surface area contributed by atoms with Crippen LogP contribution < -0.4 is 5.32 Å². The SMILES string of the molecule is Cc1ccc(C2(CNC(=O)Cn3nc(C)nc3C)CCOCC2)cc1. The van der Waals surface area contributed by atoms with Crippen molar-refractivity contribution in [2.75, 3.05) is 19.8 Å². The average Bonchev–Trinajstić information content (AvgIpc) is 2.91. The van der Waals surface area contributed by atoms with Crippen LogP contribution in [0, 0.1) is 20.8 Å². The molecule has 0 atom stereocenters. The molecule has 3 rings (SSSR count). The molecule has 1 aliphatic heterocycles. The lowest BCUT2D eigenvalue weighted by molar-refractivity contribution is -0.122. The number of aryl methyl sites for hydroxylation is 3. The highest BCUT2D eigenvalue weighted by molar-refractivity contribution is 5.75. The molecule has 6 heteroatoms. The van der Waals surface area contributed by atoms with Crippen LogP contribution >= 0.6 is 0 Å². The van der Waals surface area contributed by atoms with E-state index in [0.717, 1.165) is 31.9 Å². The molecule has 2 heterocycles. The van der Waals surface area contributed by atoms with E-state index in [0.29, 0.717) is 12.4 Å². The number of ether oxygens (including phenoxy) is 1. The number of carbonyl (C=O) groups excluding carboxylic acids is 1. The van der Waals surface area contributed by atoms with E-state index in [9.17, 15) is 4.79 Å². The highest BCUT2D eigenvalue weighted by atomic mass is 16.5. The number of nitrogens with one attached hydrogen (secondary N) is 1. The fourth-order valence-electron chi connectivity index (χ4n) is 3.41. The Bertz CT molecular complexity index is 730. The molecule has 0 bridgehead atoms. The second kappa shape index (κ2) is 7.35. The molecular weight excluding hydrogens is 316 g/mol. The summed E-state index contributed by atoms with van der Waals surface area (Å²) in [5.41, 5.74) is 2.45. The molecule has 0 unspecified atom stereocenters. The predicted octanol–water partition coefficient (Wildman–Crippen LogP) is 2.07. The molecule has 1 aromatic heterocycles. The summed E-state index contributed by atoms with van der Waals surface area (Å²) in [6, 6.07) is 8.63. The van der Waals surface area contributed by atoms with E-state index in [2.05, 4.69) is 46.6 Å². The summed E-state index contributed by atoms with van der Waals surface area (Å²) in [4.78, 5) is 16.7. The second-order valence-electron chi connectivity index (χ2n) is 6.90. The minimum atomic E-state index is -0.0606. The van der Waals surface area contributed by atoms with E-state index < -0.39 is 0 Å². The van der Waals surface area contributed by atoms with Crippen molar-refractivity contribution in [1.29, 1.82) is 0 Å². The van der Waals surface area contributed by atoms with Gasteiger partial charge in [0.1, 0.15) is 18.2 Å². The molecule has 0 spiro atoms. The quantitative estimate of drug-likeness (QED) is 0.903. The lowest BCUT2D eigenvalue weighted by Crippen LogP contribution is -2.45. The van der Waals surface area contributed by atoms with E-state index >= 15 is 0 Å². The lowest BCUT2D eigenvalue weighted by atomic mass is 9.74. The smallest absolute Gasteiger partial charge is 0.241 e. The summed E-state index contributed by atoms with van der Waals surface area (Å²) in [6.07, 6.45) is 1.83. The van der Waals surface area contributed by atoms with Crippen LogP contribution in [0.4, 0.5) is 0 Å². The number of rotatable bonds is 5. The fraction of sp³-hybridized carbons (Fsp3) is 0.526. The number of amides is 1. The largest absolute Gasteiger partial charge is 0.381 e. The molecule has 1 saturated heterocycles. The number of hydrogen-bond acceptors (Lipinski definition) is 4. The maximum Gasteiger partial charge on any atom is 0.241 e. The number of aromatic nitrogens is 3. The summed E-state index contributed by atoms with van der Waals surface area (Å²) >= 11 is 0. The van der Waals surface area contributed by atoms with Crippen LogP contribution in [0.25, 0.3) is 0 Å². The molecule has 0 aliphatic carbocycles. The van der Waals surface area contributed by atoms with Crippen LogP contribution in [0.5, 0.6) is 0 Å². The van der Waals surface area contributed by atoms with Gasteiger partial charge in [0.05, 0.1) is 0 Å². The van der Waals surface area contributed by atoms with E-state index in [-0.39, 0.29) is 17.9 Å². The standard InChI is InChI=1S/C19H26N4O2/c1-14-4-6-17(7-5-14)19(8-10-25-11-9-19)13-20-18(24)12-23-16(3)21-15(2)22-23/h4-7H,8-13H2,1-3H3,(H,20,24). The van der Waals surface area contributed by atoms with Crippen molar-refractivity contribution in [2.45, 2.75) is 45.6 Å². The molecule has 6 nitrogen and oxygen atoms in total. The Labute approximate surface area is 148 Å². The van der Waals surface area contributed by atoms with Gasteiger partial charge in [-0.2, -0.15) is 5.10 Å². The van der Waals surface area contributed by atoms with Gasteiger partial charge in [-0.05, 0) is 39.2 Å². The first-order chi connectivity index (χ1) is 12.0. The zero-order chi connectivity index (χ0) is 17.9. The van der Waals surface area contributed by atoms with Gasteiger partial charge in [-0.15, -0.1) is 0 Å².